The quantitative estimate of drug-likeness (QED) is 0.490. The third kappa shape index (κ3) is 4.11. The maximum absolute atomic E-state index is 13.8. The van der Waals surface area contributed by atoms with Crippen LogP contribution in [0.3, 0.4) is 0 Å². The Labute approximate surface area is 210 Å². The number of nitrogens with one attached hydrogen (secondary N) is 1. The Morgan fingerprint density at radius 2 is 1.64 bits per heavy atom. The Kier molecular flexibility index (Phi) is 6.46. The molecule has 1 N–H and O–H groups in total. The maximum atomic E-state index is 13.8. The summed E-state index contributed by atoms with van der Waals surface area (Å²) in [6, 6.07) is 25.3. The van der Waals surface area contributed by atoms with E-state index in [4.69, 9.17) is 4.74 Å². The molecule has 0 bridgehead atoms. The van der Waals surface area contributed by atoms with Crippen molar-refractivity contribution in [1.82, 2.24) is 10.2 Å². The molecule has 0 saturated carbocycles. The molecule has 7 nitrogen and oxygen atoms in total. The van der Waals surface area contributed by atoms with E-state index in [2.05, 4.69) is 5.32 Å². The first-order valence-electron chi connectivity index (χ1n) is 12.3. The van der Waals surface area contributed by atoms with E-state index in [1.54, 1.807) is 4.90 Å². The fraction of sp³-hybridized carbons (Fsp3) is 0.276. The Morgan fingerprint density at radius 3 is 2.36 bits per heavy atom. The molecule has 3 aromatic carbocycles. The van der Waals surface area contributed by atoms with Gasteiger partial charge in [-0.1, -0.05) is 92.6 Å². The number of ether oxygens (including phenoxy) is 1. The first-order valence-corrected chi connectivity index (χ1v) is 12.3. The number of hydrogen-bond donors (Lipinski definition) is 1. The summed E-state index contributed by atoms with van der Waals surface area (Å²) in [5.74, 6) is -0.141. The third-order valence-corrected chi connectivity index (χ3v) is 6.93. The second-order valence-corrected chi connectivity index (χ2v) is 9.17. The second-order valence-electron chi connectivity index (χ2n) is 9.17. The lowest BCUT2D eigenvalue weighted by Gasteiger charge is -2.37. The fourth-order valence-electron chi connectivity index (χ4n) is 5.07. The van der Waals surface area contributed by atoms with E-state index in [-0.39, 0.29) is 25.1 Å². The highest BCUT2D eigenvalue weighted by atomic mass is 16.5. The van der Waals surface area contributed by atoms with Crippen molar-refractivity contribution < 1.29 is 19.1 Å². The highest BCUT2D eigenvalue weighted by molar-refractivity contribution is 6.11. The van der Waals surface area contributed by atoms with Crippen LogP contribution in [0.5, 0.6) is 5.75 Å². The van der Waals surface area contributed by atoms with Crippen molar-refractivity contribution in [2.24, 2.45) is 0 Å². The molecule has 4 amide bonds. The number of amides is 4. The van der Waals surface area contributed by atoms with Crippen molar-refractivity contribution in [2.45, 2.75) is 37.8 Å². The summed E-state index contributed by atoms with van der Waals surface area (Å²) in [5, 5.41) is 2.93. The van der Waals surface area contributed by atoms with Crippen LogP contribution < -0.4 is 15.0 Å². The van der Waals surface area contributed by atoms with Gasteiger partial charge in [0, 0.05) is 0 Å². The number of urea groups is 1. The summed E-state index contributed by atoms with van der Waals surface area (Å²) < 4.78 is 5.96. The lowest BCUT2D eigenvalue weighted by atomic mass is 9.85. The summed E-state index contributed by atoms with van der Waals surface area (Å²) in [6.07, 6.45) is 2.10. The predicted molar refractivity (Wildman–Crippen MR) is 136 cm³/mol. The van der Waals surface area contributed by atoms with Gasteiger partial charge in [0.2, 0.25) is 5.91 Å². The largest absolute Gasteiger partial charge is 0.489 e. The van der Waals surface area contributed by atoms with E-state index < -0.39 is 17.5 Å². The zero-order chi connectivity index (χ0) is 25.1. The summed E-state index contributed by atoms with van der Waals surface area (Å²) in [5.41, 5.74) is 1.09. The smallest absolute Gasteiger partial charge is 0.325 e. The number of para-hydroxylation sites is 2. The van der Waals surface area contributed by atoms with Crippen LogP contribution >= 0.6 is 0 Å². The Balaban J connectivity index is 1.47. The molecule has 2 heterocycles. The summed E-state index contributed by atoms with van der Waals surface area (Å²) in [4.78, 5) is 43.5. The lowest BCUT2D eigenvalue weighted by molar-refractivity contribution is -0.135. The molecule has 184 valence electrons. The minimum Gasteiger partial charge on any atom is -0.489 e. The average molecular weight is 484 g/mol. The van der Waals surface area contributed by atoms with Crippen molar-refractivity contribution in [1.29, 1.82) is 0 Å². The molecule has 2 aliphatic heterocycles. The first kappa shape index (κ1) is 23.6. The van der Waals surface area contributed by atoms with Gasteiger partial charge in [0.25, 0.3) is 5.91 Å². The van der Waals surface area contributed by atoms with Gasteiger partial charge in [-0.3, -0.25) is 19.4 Å². The SMILES string of the molecule is CCCCC1(c2ccccc2)NC(=O)N(CC(=O)N2c3ccccc3OCC2c2ccccc2)C1=O. The second kappa shape index (κ2) is 9.85. The van der Waals surface area contributed by atoms with Gasteiger partial charge in [-0.05, 0) is 29.7 Å². The van der Waals surface area contributed by atoms with Gasteiger partial charge >= 0.3 is 6.03 Å². The fourth-order valence-corrected chi connectivity index (χ4v) is 5.07. The highest BCUT2D eigenvalue weighted by Gasteiger charge is 2.52. The van der Waals surface area contributed by atoms with Crippen LogP contribution in [0.25, 0.3) is 0 Å². The number of unbranched alkanes of at least 4 members (excludes halogenated alkanes) is 1. The number of hydrogen-bond acceptors (Lipinski definition) is 4. The molecular weight excluding hydrogens is 454 g/mol. The number of benzene rings is 3. The zero-order valence-electron chi connectivity index (χ0n) is 20.2. The molecule has 7 heteroatoms. The number of carbonyl (C=O) groups is 3. The van der Waals surface area contributed by atoms with Gasteiger partial charge < -0.3 is 10.1 Å². The third-order valence-electron chi connectivity index (χ3n) is 6.93. The van der Waals surface area contributed by atoms with Crippen LogP contribution in [0, 0.1) is 0 Å². The summed E-state index contributed by atoms with van der Waals surface area (Å²) in [7, 11) is 0. The van der Waals surface area contributed by atoms with Crippen LogP contribution in [-0.2, 0) is 15.1 Å². The zero-order valence-corrected chi connectivity index (χ0v) is 20.2. The van der Waals surface area contributed by atoms with E-state index in [9.17, 15) is 14.4 Å². The summed E-state index contributed by atoms with van der Waals surface area (Å²) in [6.45, 7) is 1.96. The van der Waals surface area contributed by atoms with Crippen LogP contribution in [-0.4, -0.2) is 35.9 Å². The predicted octanol–water partition coefficient (Wildman–Crippen LogP) is 4.79. The van der Waals surface area contributed by atoms with Gasteiger partial charge in [0.05, 0.1) is 11.7 Å². The summed E-state index contributed by atoms with van der Waals surface area (Å²) >= 11 is 0. The molecule has 2 unspecified atom stereocenters. The van der Waals surface area contributed by atoms with Gasteiger partial charge in [0.15, 0.2) is 0 Å². The van der Waals surface area contributed by atoms with Crippen molar-refractivity contribution in [3.05, 3.63) is 96.1 Å². The molecule has 0 spiro atoms. The van der Waals surface area contributed by atoms with Crippen molar-refractivity contribution in [2.75, 3.05) is 18.1 Å². The van der Waals surface area contributed by atoms with Crippen LogP contribution in [0.15, 0.2) is 84.9 Å². The molecule has 0 aliphatic carbocycles. The van der Waals surface area contributed by atoms with E-state index in [0.717, 1.165) is 28.9 Å². The normalized spacial score (nSPS) is 21.1. The number of carbonyl (C=O) groups excluding carboxylic acids is 3. The Bertz CT molecular complexity index is 1260. The van der Waals surface area contributed by atoms with Crippen LogP contribution in [0.2, 0.25) is 0 Å². The van der Waals surface area contributed by atoms with Crippen molar-refractivity contribution in [3.63, 3.8) is 0 Å². The maximum Gasteiger partial charge on any atom is 0.325 e. The van der Waals surface area contributed by atoms with Crippen LogP contribution in [0.4, 0.5) is 10.5 Å². The van der Waals surface area contributed by atoms with Crippen LogP contribution in [0.1, 0.15) is 43.4 Å². The van der Waals surface area contributed by atoms with Crippen molar-refractivity contribution in [3.8, 4) is 5.75 Å². The average Bonchev–Trinajstić information content (AvgIpc) is 3.17. The topological polar surface area (TPSA) is 79.0 Å². The van der Waals surface area contributed by atoms with E-state index in [1.807, 2.05) is 91.9 Å². The minimum atomic E-state index is -1.17. The molecule has 36 heavy (non-hydrogen) atoms. The molecule has 1 saturated heterocycles. The molecule has 0 aromatic heterocycles. The van der Waals surface area contributed by atoms with E-state index >= 15 is 0 Å². The van der Waals surface area contributed by atoms with Crippen molar-refractivity contribution >= 4 is 23.5 Å². The molecule has 2 aliphatic rings. The number of imide groups is 1. The number of anilines is 1. The van der Waals surface area contributed by atoms with Gasteiger partial charge in [0.1, 0.15) is 24.4 Å². The molecular formula is C29H29N3O4. The highest BCUT2D eigenvalue weighted by Crippen LogP contribution is 2.40. The monoisotopic (exact) mass is 483 g/mol. The standard InChI is InChI=1S/C29H29N3O4/c1-2-3-18-29(22-14-8-5-9-15-22)27(34)31(28(35)30-29)19-26(33)32-23-16-10-11-17-25(23)36-20-24(32)21-12-6-4-7-13-21/h4-17,24H,2-3,18-20H2,1H3,(H,30,35). The molecule has 0 radical (unpaired) electrons. The van der Waals surface area contributed by atoms with Gasteiger partial charge in [-0.25, -0.2) is 4.79 Å². The van der Waals surface area contributed by atoms with Gasteiger partial charge in [-0.2, -0.15) is 0 Å². The first-order chi connectivity index (χ1) is 17.5. The Morgan fingerprint density at radius 1 is 0.972 bits per heavy atom. The molecule has 1 fully saturated rings. The molecule has 3 aromatic rings. The van der Waals surface area contributed by atoms with E-state index in [1.165, 1.54) is 0 Å². The molecule has 5 rings (SSSR count). The minimum absolute atomic E-state index is 0.275. The Hall–Kier alpha value is -4.13. The number of rotatable bonds is 7. The van der Waals surface area contributed by atoms with Gasteiger partial charge in [-0.15, -0.1) is 0 Å². The molecule has 2 atom stereocenters. The number of fused-ring (bicyclic) bond motifs is 1. The lowest BCUT2D eigenvalue weighted by Crippen LogP contribution is -2.48. The number of nitrogens with zero attached hydrogens (tertiary/aromatic N) is 2. The van der Waals surface area contributed by atoms with E-state index in [0.29, 0.717) is 17.9 Å².